The molecule has 0 aromatic heterocycles. The number of rotatable bonds is 7. The smallest absolute Gasteiger partial charge is 0.266 e. The number of hydrogen-bond donors (Lipinski definition) is 0. The summed E-state index contributed by atoms with van der Waals surface area (Å²) in [5, 5.41) is 0. The Morgan fingerprint density at radius 1 is 1.19 bits per heavy atom. The van der Waals surface area contributed by atoms with Gasteiger partial charge in [-0.1, -0.05) is 65.9 Å². The van der Waals surface area contributed by atoms with Crippen LogP contribution in [-0.2, 0) is 16.1 Å². The van der Waals surface area contributed by atoms with Crippen molar-refractivity contribution in [3.05, 3.63) is 70.1 Å². The van der Waals surface area contributed by atoms with Gasteiger partial charge in [-0.2, -0.15) is 0 Å². The van der Waals surface area contributed by atoms with E-state index in [1.165, 1.54) is 17.3 Å². The summed E-state index contributed by atoms with van der Waals surface area (Å²) in [7, 11) is 1.61. The SMILES string of the molecule is COCCN1C(=O)C(=Cc2cccc(OCc3ccc(C)cc3)c2)SC1=S. The average molecular weight is 400 g/mol. The Morgan fingerprint density at radius 2 is 1.96 bits per heavy atom. The van der Waals surface area contributed by atoms with Crippen molar-refractivity contribution in [1.82, 2.24) is 4.90 Å². The molecule has 1 fully saturated rings. The average Bonchev–Trinajstić information content (AvgIpc) is 2.93. The standard InChI is InChI=1S/C21H21NO3S2/c1-15-6-8-16(9-7-15)14-25-18-5-3-4-17(12-18)13-19-20(23)22(10-11-24-2)21(26)27-19/h3-9,12-13H,10-11,14H2,1-2H3. The molecule has 27 heavy (non-hydrogen) atoms. The van der Waals surface area contributed by atoms with Crippen LogP contribution in [0.15, 0.2) is 53.4 Å². The summed E-state index contributed by atoms with van der Waals surface area (Å²) in [5.41, 5.74) is 3.25. The molecule has 3 rings (SSSR count). The number of thiocarbonyl (C=S) groups is 1. The third kappa shape index (κ3) is 5.19. The number of carbonyl (C=O) groups is 1. The summed E-state index contributed by atoms with van der Waals surface area (Å²) in [5.74, 6) is 0.687. The maximum Gasteiger partial charge on any atom is 0.266 e. The van der Waals surface area contributed by atoms with Crippen LogP contribution in [-0.4, -0.2) is 35.4 Å². The van der Waals surface area contributed by atoms with Crippen molar-refractivity contribution in [2.45, 2.75) is 13.5 Å². The lowest BCUT2D eigenvalue weighted by atomic mass is 10.1. The van der Waals surface area contributed by atoms with Gasteiger partial charge in [0.25, 0.3) is 5.91 Å². The molecule has 4 nitrogen and oxygen atoms in total. The van der Waals surface area contributed by atoms with E-state index in [0.29, 0.717) is 29.0 Å². The first-order valence-corrected chi connectivity index (χ1v) is 9.82. The van der Waals surface area contributed by atoms with Crippen LogP contribution < -0.4 is 4.74 Å². The van der Waals surface area contributed by atoms with E-state index in [-0.39, 0.29) is 5.91 Å². The Labute approximate surface area is 169 Å². The van der Waals surface area contributed by atoms with Gasteiger partial charge < -0.3 is 9.47 Å². The molecular formula is C21H21NO3S2. The predicted octanol–water partition coefficient (Wildman–Crippen LogP) is 4.42. The van der Waals surface area contributed by atoms with E-state index in [2.05, 4.69) is 31.2 Å². The summed E-state index contributed by atoms with van der Waals surface area (Å²) in [6.07, 6.45) is 1.85. The Hall–Kier alpha value is -2.15. The Kier molecular flexibility index (Phi) is 6.66. The van der Waals surface area contributed by atoms with E-state index in [0.717, 1.165) is 16.9 Å². The molecule has 0 N–H and O–H groups in total. The van der Waals surface area contributed by atoms with Gasteiger partial charge in [0.15, 0.2) is 0 Å². The molecular weight excluding hydrogens is 378 g/mol. The number of carbonyl (C=O) groups excluding carboxylic acids is 1. The van der Waals surface area contributed by atoms with Crippen molar-refractivity contribution >= 4 is 40.3 Å². The minimum atomic E-state index is -0.0759. The fraction of sp³-hybridized carbons (Fsp3) is 0.238. The molecule has 0 radical (unpaired) electrons. The normalized spacial score (nSPS) is 15.6. The number of aryl methyl sites for hydroxylation is 1. The molecule has 1 amide bonds. The molecule has 0 unspecified atom stereocenters. The highest BCUT2D eigenvalue weighted by Crippen LogP contribution is 2.32. The van der Waals surface area contributed by atoms with Crippen LogP contribution in [0, 0.1) is 6.92 Å². The van der Waals surface area contributed by atoms with Crippen molar-refractivity contribution in [3.63, 3.8) is 0 Å². The molecule has 1 saturated heterocycles. The quantitative estimate of drug-likeness (QED) is 0.509. The van der Waals surface area contributed by atoms with Gasteiger partial charge in [0.1, 0.15) is 16.7 Å². The fourth-order valence-corrected chi connectivity index (χ4v) is 3.88. The molecule has 1 aliphatic rings. The summed E-state index contributed by atoms with van der Waals surface area (Å²) >= 11 is 6.62. The van der Waals surface area contributed by atoms with Gasteiger partial charge in [-0.15, -0.1) is 0 Å². The highest BCUT2D eigenvalue weighted by Gasteiger charge is 2.31. The first kappa shape index (κ1) is 19.6. The van der Waals surface area contributed by atoms with Crippen molar-refractivity contribution in [3.8, 4) is 5.75 Å². The number of benzene rings is 2. The molecule has 1 aliphatic heterocycles. The van der Waals surface area contributed by atoms with Crippen LogP contribution in [0.25, 0.3) is 6.08 Å². The predicted molar refractivity (Wildman–Crippen MR) is 114 cm³/mol. The molecule has 1 heterocycles. The third-order valence-electron chi connectivity index (χ3n) is 4.07. The van der Waals surface area contributed by atoms with Crippen LogP contribution in [0.2, 0.25) is 0 Å². The summed E-state index contributed by atoms with van der Waals surface area (Å²) < 4.78 is 11.5. The Bertz CT molecular complexity index is 862. The number of amides is 1. The van der Waals surface area contributed by atoms with Gasteiger partial charge in [-0.05, 0) is 36.3 Å². The zero-order valence-corrected chi connectivity index (χ0v) is 16.9. The van der Waals surface area contributed by atoms with Crippen molar-refractivity contribution in [2.75, 3.05) is 20.3 Å². The van der Waals surface area contributed by atoms with E-state index in [9.17, 15) is 4.79 Å². The van der Waals surface area contributed by atoms with Gasteiger partial charge in [-0.25, -0.2) is 0 Å². The molecule has 2 aromatic carbocycles. The summed E-state index contributed by atoms with van der Waals surface area (Å²) in [6.45, 7) is 3.50. The topological polar surface area (TPSA) is 38.8 Å². The van der Waals surface area contributed by atoms with Gasteiger partial charge in [0.2, 0.25) is 0 Å². The molecule has 6 heteroatoms. The molecule has 0 bridgehead atoms. The lowest BCUT2D eigenvalue weighted by Crippen LogP contribution is -2.31. The molecule has 0 spiro atoms. The van der Waals surface area contributed by atoms with E-state index in [1.807, 2.05) is 30.3 Å². The van der Waals surface area contributed by atoms with Gasteiger partial charge >= 0.3 is 0 Å². The summed E-state index contributed by atoms with van der Waals surface area (Å²) in [6, 6.07) is 16.0. The number of ether oxygens (including phenoxy) is 2. The Morgan fingerprint density at radius 3 is 2.70 bits per heavy atom. The van der Waals surface area contributed by atoms with Crippen LogP contribution in [0.3, 0.4) is 0 Å². The highest BCUT2D eigenvalue weighted by molar-refractivity contribution is 8.26. The van der Waals surface area contributed by atoms with Crippen molar-refractivity contribution < 1.29 is 14.3 Å². The Balaban J connectivity index is 1.68. The van der Waals surface area contributed by atoms with Crippen LogP contribution >= 0.6 is 24.0 Å². The van der Waals surface area contributed by atoms with E-state index < -0.39 is 0 Å². The minimum Gasteiger partial charge on any atom is -0.489 e. The third-order valence-corrected chi connectivity index (χ3v) is 5.45. The monoisotopic (exact) mass is 399 g/mol. The van der Waals surface area contributed by atoms with Gasteiger partial charge in [0.05, 0.1) is 18.1 Å². The van der Waals surface area contributed by atoms with Crippen LogP contribution in [0.4, 0.5) is 0 Å². The largest absolute Gasteiger partial charge is 0.489 e. The lowest BCUT2D eigenvalue weighted by molar-refractivity contribution is -0.122. The molecule has 0 atom stereocenters. The molecule has 140 valence electrons. The zero-order chi connectivity index (χ0) is 19.2. The van der Waals surface area contributed by atoms with Crippen molar-refractivity contribution in [1.29, 1.82) is 0 Å². The first-order valence-electron chi connectivity index (χ1n) is 8.59. The number of methoxy groups -OCH3 is 1. The van der Waals surface area contributed by atoms with Gasteiger partial charge in [0, 0.05) is 7.11 Å². The highest BCUT2D eigenvalue weighted by atomic mass is 32.2. The maximum absolute atomic E-state index is 12.5. The zero-order valence-electron chi connectivity index (χ0n) is 15.3. The lowest BCUT2D eigenvalue weighted by Gasteiger charge is -2.12. The second kappa shape index (κ2) is 9.17. The van der Waals surface area contributed by atoms with E-state index in [1.54, 1.807) is 12.0 Å². The van der Waals surface area contributed by atoms with Crippen molar-refractivity contribution in [2.24, 2.45) is 0 Å². The summed E-state index contributed by atoms with van der Waals surface area (Å²) in [4.78, 5) is 14.7. The number of nitrogens with zero attached hydrogens (tertiary/aromatic N) is 1. The minimum absolute atomic E-state index is 0.0759. The second-order valence-corrected chi connectivity index (χ2v) is 7.85. The van der Waals surface area contributed by atoms with Crippen LogP contribution in [0.1, 0.15) is 16.7 Å². The molecule has 0 aliphatic carbocycles. The van der Waals surface area contributed by atoms with Crippen LogP contribution in [0.5, 0.6) is 5.75 Å². The van der Waals surface area contributed by atoms with Gasteiger partial charge in [-0.3, -0.25) is 9.69 Å². The molecule has 2 aromatic rings. The van der Waals surface area contributed by atoms with E-state index in [4.69, 9.17) is 21.7 Å². The first-order chi connectivity index (χ1) is 13.1. The number of hydrogen-bond acceptors (Lipinski definition) is 5. The van der Waals surface area contributed by atoms with E-state index >= 15 is 0 Å². The second-order valence-electron chi connectivity index (χ2n) is 6.17. The fourth-order valence-electron chi connectivity index (χ4n) is 2.57. The maximum atomic E-state index is 12.5. The molecule has 0 saturated carbocycles. The number of thioether (sulfide) groups is 1.